The quantitative estimate of drug-likeness (QED) is 0.207. The first-order valence-corrected chi connectivity index (χ1v) is 12.0. The number of nitrogens with zero attached hydrogens (tertiary/aromatic N) is 4. The zero-order valence-corrected chi connectivity index (χ0v) is 19.7. The molecule has 6 nitrogen and oxygen atoms in total. The minimum Gasteiger partial charge on any atom is -0.272 e. The van der Waals surface area contributed by atoms with Crippen molar-refractivity contribution >= 4 is 51.2 Å². The van der Waals surface area contributed by atoms with Gasteiger partial charge in [0, 0.05) is 16.1 Å². The lowest BCUT2D eigenvalue weighted by molar-refractivity contribution is -0.118. The number of nitrogens with one attached hydrogen (secondary N) is 1. The highest BCUT2D eigenvalue weighted by Crippen LogP contribution is 2.28. The Morgan fingerprint density at radius 3 is 2.61 bits per heavy atom. The number of hydrogen-bond donors (Lipinski definition) is 1. The molecule has 0 aliphatic heterocycles. The van der Waals surface area contributed by atoms with E-state index in [1.165, 1.54) is 17.3 Å². The van der Waals surface area contributed by atoms with Gasteiger partial charge in [-0.15, -0.1) is 21.5 Å². The molecular formula is C22H18BrN5OS2. The van der Waals surface area contributed by atoms with E-state index < -0.39 is 0 Å². The van der Waals surface area contributed by atoms with Gasteiger partial charge in [0.2, 0.25) is 0 Å². The highest BCUT2D eigenvalue weighted by atomic mass is 79.9. The zero-order chi connectivity index (χ0) is 21.6. The van der Waals surface area contributed by atoms with Crippen molar-refractivity contribution in [2.75, 3.05) is 5.75 Å². The number of amides is 1. The molecule has 0 bridgehead atoms. The second kappa shape index (κ2) is 10.0. The summed E-state index contributed by atoms with van der Waals surface area (Å²) in [6, 6.07) is 21.9. The maximum Gasteiger partial charge on any atom is 0.250 e. The molecule has 9 heteroatoms. The maximum absolute atomic E-state index is 12.3. The summed E-state index contributed by atoms with van der Waals surface area (Å²) in [5.74, 6) is 0.690. The number of halogens is 1. The number of thioether (sulfide) groups is 1. The second-order valence-electron chi connectivity index (χ2n) is 6.57. The van der Waals surface area contributed by atoms with Crippen LogP contribution in [0.1, 0.15) is 10.4 Å². The number of benzene rings is 2. The summed E-state index contributed by atoms with van der Waals surface area (Å²) in [4.78, 5) is 13.2. The molecule has 156 valence electrons. The van der Waals surface area contributed by atoms with Crippen molar-refractivity contribution in [3.63, 3.8) is 0 Å². The smallest absolute Gasteiger partial charge is 0.250 e. The van der Waals surface area contributed by atoms with Crippen LogP contribution in [0.5, 0.6) is 0 Å². The van der Waals surface area contributed by atoms with E-state index in [2.05, 4.69) is 36.7 Å². The number of thiophene rings is 1. The third kappa shape index (κ3) is 5.49. The van der Waals surface area contributed by atoms with Crippen molar-refractivity contribution in [2.45, 2.75) is 12.1 Å². The topological polar surface area (TPSA) is 72.2 Å². The average molecular weight is 512 g/mol. The summed E-state index contributed by atoms with van der Waals surface area (Å²) in [5.41, 5.74) is 5.63. The van der Waals surface area contributed by atoms with Gasteiger partial charge in [-0.1, -0.05) is 59.8 Å². The first-order chi connectivity index (χ1) is 15.1. The molecule has 2 heterocycles. The summed E-state index contributed by atoms with van der Waals surface area (Å²) in [5, 5.41) is 13.4. The minimum atomic E-state index is -0.211. The Bertz CT molecular complexity index is 1200. The van der Waals surface area contributed by atoms with Crippen LogP contribution < -0.4 is 5.43 Å². The molecule has 0 spiro atoms. The van der Waals surface area contributed by atoms with Crippen molar-refractivity contribution in [3.05, 3.63) is 81.0 Å². The van der Waals surface area contributed by atoms with Crippen LogP contribution in [-0.4, -0.2) is 32.6 Å². The molecule has 0 aliphatic carbocycles. The second-order valence-corrected chi connectivity index (χ2v) is 10.0. The Hall–Kier alpha value is -2.75. The van der Waals surface area contributed by atoms with Crippen LogP contribution in [0.25, 0.3) is 17.1 Å². The van der Waals surface area contributed by atoms with Crippen molar-refractivity contribution in [3.8, 4) is 17.1 Å². The number of aryl methyl sites for hydroxylation is 1. The van der Waals surface area contributed by atoms with E-state index in [0.29, 0.717) is 5.16 Å². The maximum atomic E-state index is 12.3. The summed E-state index contributed by atoms with van der Waals surface area (Å²) in [6.07, 6.45) is 1.63. The number of rotatable bonds is 7. The van der Waals surface area contributed by atoms with Gasteiger partial charge in [0.15, 0.2) is 11.0 Å². The Morgan fingerprint density at radius 1 is 1.13 bits per heavy atom. The largest absolute Gasteiger partial charge is 0.272 e. The van der Waals surface area contributed by atoms with E-state index in [-0.39, 0.29) is 11.7 Å². The fourth-order valence-electron chi connectivity index (χ4n) is 2.79. The minimum absolute atomic E-state index is 0.171. The molecule has 0 radical (unpaired) electrons. The van der Waals surface area contributed by atoms with Crippen LogP contribution in [0.4, 0.5) is 0 Å². The fourth-order valence-corrected chi connectivity index (χ4v) is 4.83. The summed E-state index contributed by atoms with van der Waals surface area (Å²) < 4.78 is 2.99. The van der Waals surface area contributed by atoms with Crippen LogP contribution in [-0.2, 0) is 4.79 Å². The lowest BCUT2D eigenvalue weighted by atomic mass is 10.2. The van der Waals surface area contributed by atoms with E-state index in [1.807, 2.05) is 78.2 Å². The van der Waals surface area contributed by atoms with E-state index in [1.54, 1.807) is 17.6 Å². The van der Waals surface area contributed by atoms with Gasteiger partial charge < -0.3 is 0 Å². The van der Waals surface area contributed by atoms with Gasteiger partial charge in [-0.25, -0.2) is 5.43 Å². The first-order valence-electron chi connectivity index (χ1n) is 9.38. The molecule has 2 aromatic carbocycles. The third-order valence-electron chi connectivity index (χ3n) is 4.26. The highest BCUT2D eigenvalue weighted by Gasteiger charge is 2.17. The van der Waals surface area contributed by atoms with Crippen LogP contribution in [0.2, 0.25) is 0 Å². The van der Waals surface area contributed by atoms with Crippen molar-refractivity contribution in [1.82, 2.24) is 20.2 Å². The van der Waals surface area contributed by atoms with E-state index in [9.17, 15) is 4.79 Å². The summed E-state index contributed by atoms with van der Waals surface area (Å²) in [6.45, 7) is 2.05. The summed E-state index contributed by atoms with van der Waals surface area (Å²) >= 11 is 6.26. The predicted octanol–water partition coefficient (Wildman–Crippen LogP) is 5.31. The number of aromatic nitrogens is 3. The fraction of sp³-hybridized carbons (Fsp3) is 0.0909. The number of hydrogen-bond acceptors (Lipinski definition) is 6. The Labute approximate surface area is 196 Å². The Morgan fingerprint density at radius 2 is 1.90 bits per heavy atom. The molecule has 0 unspecified atom stereocenters. The lowest BCUT2D eigenvalue weighted by Crippen LogP contribution is -2.19. The molecule has 4 rings (SSSR count). The van der Waals surface area contributed by atoms with Gasteiger partial charge in [0.25, 0.3) is 5.91 Å². The average Bonchev–Trinajstić information content (AvgIpc) is 3.39. The van der Waals surface area contributed by atoms with Crippen LogP contribution in [0.3, 0.4) is 0 Å². The van der Waals surface area contributed by atoms with Crippen LogP contribution in [0.15, 0.2) is 80.8 Å². The van der Waals surface area contributed by atoms with E-state index in [4.69, 9.17) is 0 Å². The standard InChI is InChI=1S/C22H18BrN5OS2/c1-15-7-9-17(10-8-15)28-21(16-5-3-2-4-6-16)26-27-22(28)30-14-20(29)25-24-13-18-11-12-19(23)31-18/h2-13H,14H2,1H3,(H,25,29). The number of carbonyl (C=O) groups excluding carboxylic acids is 1. The molecule has 31 heavy (non-hydrogen) atoms. The van der Waals surface area contributed by atoms with E-state index in [0.717, 1.165) is 25.7 Å². The van der Waals surface area contributed by atoms with Crippen LogP contribution in [0, 0.1) is 6.92 Å². The molecule has 0 aliphatic rings. The van der Waals surface area contributed by atoms with Gasteiger partial charge in [-0.05, 0) is 47.1 Å². The van der Waals surface area contributed by atoms with Gasteiger partial charge in [0.05, 0.1) is 15.8 Å². The lowest BCUT2D eigenvalue weighted by Gasteiger charge is -2.10. The van der Waals surface area contributed by atoms with Crippen molar-refractivity contribution < 1.29 is 4.79 Å². The van der Waals surface area contributed by atoms with E-state index >= 15 is 0 Å². The van der Waals surface area contributed by atoms with Gasteiger partial charge >= 0.3 is 0 Å². The molecule has 0 atom stereocenters. The first kappa shape index (κ1) is 21.5. The molecule has 0 fully saturated rings. The molecule has 2 aromatic heterocycles. The predicted molar refractivity (Wildman–Crippen MR) is 130 cm³/mol. The van der Waals surface area contributed by atoms with Crippen molar-refractivity contribution in [1.29, 1.82) is 0 Å². The molecular weight excluding hydrogens is 494 g/mol. The monoisotopic (exact) mass is 511 g/mol. The summed E-state index contributed by atoms with van der Waals surface area (Å²) in [7, 11) is 0. The number of hydrazone groups is 1. The zero-order valence-electron chi connectivity index (χ0n) is 16.5. The normalized spacial score (nSPS) is 11.2. The van der Waals surface area contributed by atoms with Crippen LogP contribution >= 0.6 is 39.0 Å². The number of carbonyl (C=O) groups is 1. The molecule has 4 aromatic rings. The van der Waals surface area contributed by atoms with Gasteiger partial charge in [-0.3, -0.25) is 9.36 Å². The third-order valence-corrected chi connectivity index (χ3v) is 6.75. The van der Waals surface area contributed by atoms with Crippen molar-refractivity contribution in [2.24, 2.45) is 5.10 Å². The van der Waals surface area contributed by atoms with Gasteiger partial charge in [0.1, 0.15) is 0 Å². The SMILES string of the molecule is Cc1ccc(-n2c(SCC(=O)NN=Cc3ccc(Br)s3)nnc2-c2ccccc2)cc1. The molecule has 0 saturated carbocycles. The molecule has 0 saturated heterocycles. The Balaban J connectivity index is 1.51. The van der Waals surface area contributed by atoms with Gasteiger partial charge in [-0.2, -0.15) is 5.10 Å². The molecule has 1 N–H and O–H groups in total. The highest BCUT2D eigenvalue weighted by molar-refractivity contribution is 9.11. The Kier molecular flexibility index (Phi) is 6.96. The molecule has 1 amide bonds.